The number of β-amino-alcohol motifs (C(OH)–C–C–N with tert-alkyl or cyclic N) is 1. The van der Waals surface area contributed by atoms with Crippen LogP contribution in [-0.4, -0.2) is 41.0 Å². The minimum atomic E-state index is -0.637. The van der Waals surface area contributed by atoms with Gasteiger partial charge in [0.1, 0.15) is 0 Å². The Morgan fingerprint density at radius 3 is 2.82 bits per heavy atom. The number of carbonyl (C=O) groups is 2. The van der Waals surface area contributed by atoms with Gasteiger partial charge in [-0.2, -0.15) is 0 Å². The average Bonchev–Trinajstić information content (AvgIpc) is 2.09. The molecule has 2 amide bonds. The number of amides is 2. The molecule has 1 fully saturated rings. The molecule has 0 radical (unpaired) electrons. The van der Waals surface area contributed by atoms with Gasteiger partial charge in [0, 0.05) is 6.54 Å². The van der Waals surface area contributed by atoms with Crippen LogP contribution >= 0.6 is 0 Å². The van der Waals surface area contributed by atoms with Gasteiger partial charge in [-0.3, -0.25) is 9.59 Å². The van der Waals surface area contributed by atoms with Gasteiger partial charge in [0.05, 0.1) is 19.1 Å². The summed E-state index contributed by atoms with van der Waals surface area (Å²) >= 11 is 0. The van der Waals surface area contributed by atoms with Crippen molar-refractivity contribution < 1.29 is 14.7 Å². The van der Waals surface area contributed by atoms with Crippen molar-refractivity contribution in [3.8, 4) is 0 Å². The van der Waals surface area contributed by atoms with Crippen molar-refractivity contribution in [2.24, 2.45) is 5.73 Å². The molecule has 0 saturated carbocycles. The molecule has 0 unspecified atom stereocenters. The van der Waals surface area contributed by atoms with E-state index in [0.29, 0.717) is 0 Å². The fourth-order valence-corrected chi connectivity index (χ4v) is 1.09. The third-order valence-corrected chi connectivity index (χ3v) is 1.54. The van der Waals surface area contributed by atoms with E-state index < -0.39 is 12.0 Å². The SMILES string of the molecule is NC(=O)CN1C[C@H](O)CC1=O. The molecule has 1 aliphatic rings. The van der Waals surface area contributed by atoms with Crippen LogP contribution in [-0.2, 0) is 9.59 Å². The minimum Gasteiger partial charge on any atom is -0.391 e. The first-order valence-corrected chi connectivity index (χ1v) is 3.33. The molecule has 3 N–H and O–H groups in total. The molecular formula is C6H10N2O3. The van der Waals surface area contributed by atoms with Gasteiger partial charge in [-0.25, -0.2) is 0 Å². The van der Waals surface area contributed by atoms with Gasteiger partial charge < -0.3 is 15.7 Å². The number of aliphatic hydroxyl groups is 1. The summed E-state index contributed by atoms with van der Waals surface area (Å²) in [5.41, 5.74) is 4.87. The molecule has 62 valence electrons. The molecular weight excluding hydrogens is 148 g/mol. The minimum absolute atomic E-state index is 0.0874. The number of rotatable bonds is 2. The lowest BCUT2D eigenvalue weighted by atomic mass is 10.3. The van der Waals surface area contributed by atoms with Crippen LogP contribution in [0.4, 0.5) is 0 Å². The van der Waals surface area contributed by atoms with E-state index in [0.717, 1.165) is 0 Å². The van der Waals surface area contributed by atoms with E-state index in [1.807, 2.05) is 0 Å². The topological polar surface area (TPSA) is 83.6 Å². The van der Waals surface area contributed by atoms with E-state index in [9.17, 15) is 9.59 Å². The lowest BCUT2D eigenvalue weighted by molar-refractivity contribution is -0.132. The van der Waals surface area contributed by atoms with E-state index in [4.69, 9.17) is 10.8 Å². The summed E-state index contributed by atoms with van der Waals surface area (Å²) in [6, 6.07) is 0. The Kier molecular flexibility index (Phi) is 2.09. The van der Waals surface area contributed by atoms with E-state index in [1.54, 1.807) is 0 Å². The predicted octanol–water partition coefficient (Wildman–Crippen LogP) is -1.94. The second kappa shape index (κ2) is 2.87. The van der Waals surface area contributed by atoms with Crippen LogP contribution in [0, 0.1) is 0 Å². The Hall–Kier alpha value is -1.10. The average molecular weight is 158 g/mol. The fourth-order valence-electron chi connectivity index (χ4n) is 1.09. The summed E-state index contributed by atoms with van der Waals surface area (Å²) < 4.78 is 0. The number of likely N-dealkylation sites (tertiary alicyclic amines) is 1. The molecule has 0 aromatic heterocycles. The van der Waals surface area contributed by atoms with Crippen molar-refractivity contribution in [3.63, 3.8) is 0 Å². The Labute approximate surface area is 63.8 Å². The van der Waals surface area contributed by atoms with Crippen molar-refractivity contribution >= 4 is 11.8 Å². The van der Waals surface area contributed by atoms with Gasteiger partial charge in [-0.1, -0.05) is 0 Å². The van der Waals surface area contributed by atoms with Crippen molar-refractivity contribution in [3.05, 3.63) is 0 Å². The van der Waals surface area contributed by atoms with Gasteiger partial charge in [-0.05, 0) is 0 Å². The lowest BCUT2D eigenvalue weighted by Crippen LogP contribution is -2.35. The molecule has 0 bridgehead atoms. The first-order valence-electron chi connectivity index (χ1n) is 3.33. The molecule has 1 saturated heterocycles. The summed E-state index contributed by atoms with van der Waals surface area (Å²) in [5.74, 6) is -0.760. The second-order valence-corrected chi connectivity index (χ2v) is 2.60. The maximum absolute atomic E-state index is 10.9. The number of primary amides is 1. The Bertz CT molecular complexity index is 192. The first-order chi connectivity index (χ1) is 5.09. The third kappa shape index (κ3) is 1.91. The van der Waals surface area contributed by atoms with Gasteiger partial charge in [0.15, 0.2) is 0 Å². The number of carbonyl (C=O) groups excluding carboxylic acids is 2. The highest BCUT2D eigenvalue weighted by molar-refractivity contribution is 5.85. The van der Waals surface area contributed by atoms with Crippen molar-refractivity contribution in [1.82, 2.24) is 4.90 Å². The third-order valence-electron chi connectivity index (χ3n) is 1.54. The molecule has 1 atom stereocenters. The van der Waals surface area contributed by atoms with Crippen LogP contribution in [0.3, 0.4) is 0 Å². The van der Waals surface area contributed by atoms with Crippen LogP contribution in [0.15, 0.2) is 0 Å². The zero-order chi connectivity index (χ0) is 8.43. The summed E-state index contributed by atoms with van der Waals surface area (Å²) in [7, 11) is 0. The van der Waals surface area contributed by atoms with E-state index in [1.165, 1.54) is 4.90 Å². The Balaban J connectivity index is 2.47. The number of aliphatic hydroxyl groups excluding tert-OH is 1. The molecule has 1 aliphatic heterocycles. The summed E-state index contributed by atoms with van der Waals surface area (Å²) in [4.78, 5) is 22.5. The van der Waals surface area contributed by atoms with Crippen molar-refractivity contribution in [1.29, 1.82) is 0 Å². The van der Waals surface area contributed by atoms with Crippen LogP contribution in [0.1, 0.15) is 6.42 Å². The summed E-state index contributed by atoms with van der Waals surface area (Å²) in [6.45, 7) is 0.137. The van der Waals surface area contributed by atoms with Crippen LogP contribution < -0.4 is 5.73 Å². The largest absolute Gasteiger partial charge is 0.391 e. The Morgan fingerprint density at radius 1 is 1.82 bits per heavy atom. The highest BCUT2D eigenvalue weighted by atomic mass is 16.3. The summed E-state index contributed by atoms with van der Waals surface area (Å²) in [5, 5.41) is 8.97. The first kappa shape index (κ1) is 8.00. The normalized spacial score (nSPS) is 24.3. The van der Waals surface area contributed by atoms with E-state index >= 15 is 0 Å². The number of nitrogens with zero attached hydrogens (tertiary/aromatic N) is 1. The highest BCUT2D eigenvalue weighted by Crippen LogP contribution is 2.09. The van der Waals surface area contributed by atoms with Crippen molar-refractivity contribution in [2.75, 3.05) is 13.1 Å². The predicted molar refractivity (Wildman–Crippen MR) is 36.4 cm³/mol. The maximum atomic E-state index is 10.9. The Morgan fingerprint density at radius 2 is 2.45 bits per heavy atom. The zero-order valence-corrected chi connectivity index (χ0v) is 5.99. The van der Waals surface area contributed by atoms with Crippen molar-refractivity contribution in [2.45, 2.75) is 12.5 Å². The maximum Gasteiger partial charge on any atom is 0.237 e. The quantitative estimate of drug-likeness (QED) is 0.490. The van der Waals surface area contributed by atoms with Crippen LogP contribution in [0.5, 0.6) is 0 Å². The monoisotopic (exact) mass is 158 g/mol. The molecule has 0 aliphatic carbocycles. The van der Waals surface area contributed by atoms with Gasteiger partial charge in [-0.15, -0.1) is 0 Å². The number of hydrogen-bond acceptors (Lipinski definition) is 3. The molecule has 1 rings (SSSR count). The van der Waals surface area contributed by atoms with Gasteiger partial charge in [0.25, 0.3) is 0 Å². The molecule has 11 heavy (non-hydrogen) atoms. The molecule has 5 nitrogen and oxygen atoms in total. The molecule has 0 aromatic rings. The van der Waals surface area contributed by atoms with E-state index in [2.05, 4.69) is 0 Å². The standard InChI is InChI=1S/C6H10N2O3/c7-5(10)3-8-2-4(9)1-6(8)11/h4,9H,1-3H2,(H2,7,10)/t4-/m1/s1. The lowest BCUT2D eigenvalue weighted by Gasteiger charge is -2.11. The highest BCUT2D eigenvalue weighted by Gasteiger charge is 2.28. The molecule has 1 heterocycles. The molecule has 0 spiro atoms. The second-order valence-electron chi connectivity index (χ2n) is 2.60. The van der Waals surface area contributed by atoms with Gasteiger partial charge in [0.2, 0.25) is 11.8 Å². The van der Waals surface area contributed by atoms with Crippen LogP contribution in [0.25, 0.3) is 0 Å². The van der Waals surface area contributed by atoms with E-state index in [-0.39, 0.29) is 25.4 Å². The number of nitrogens with two attached hydrogens (primary N) is 1. The molecule has 5 heteroatoms. The van der Waals surface area contributed by atoms with Gasteiger partial charge >= 0.3 is 0 Å². The van der Waals surface area contributed by atoms with Crippen LogP contribution in [0.2, 0.25) is 0 Å². The molecule has 0 aromatic carbocycles. The zero-order valence-electron chi connectivity index (χ0n) is 5.99. The fraction of sp³-hybridized carbons (Fsp3) is 0.667. The summed E-state index contributed by atoms with van der Waals surface area (Å²) in [6.07, 6.45) is -0.533. The number of hydrogen-bond donors (Lipinski definition) is 2. The smallest absolute Gasteiger partial charge is 0.237 e.